The fourth-order valence-electron chi connectivity index (χ4n) is 1.49. The first-order valence-corrected chi connectivity index (χ1v) is 4.92. The number of methoxy groups -OCH3 is 1. The second-order valence-corrected chi connectivity index (χ2v) is 3.57. The van der Waals surface area contributed by atoms with Crippen LogP contribution in [-0.2, 0) is 22.4 Å². The lowest BCUT2D eigenvalue weighted by Crippen LogP contribution is -2.03. The summed E-state index contributed by atoms with van der Waals surface area (Å²) in [4.78, 5) is 10.6. The molecule has 0 atom stereocenters. The Hall–Kier alpha value is -1.35. The van der Waals surface area contributed by atoms with Crippen LogP contribution < -0.4 is 0 Å². The minimum atomic E-state index is -0.795. The van der Waals surface area contributed by atoms with E-state index in [0.717, 1.165) is 17.5 Å². The molecular weight excluding hydrogens is 192 g/mol. The number of hydrogen-bond donors (Lipinski definition) is 1. The third kappa shape index (κ3) is 3.72. The minimum absolute atomic E-state index is 0.0836. The maximum atomic E-state index is 10.6. The molecule has 0 saturated heterocycles. The molecule has 82 valence electrons. The summed E-state index contributed by atoms with van der Waals surface area (Å²) in [6.07, 6.45) is 0.913. The van der Waals surface area contributed by atoms with Crippen LogP contribution in [0.25, 0.3) is 0 Å². The van der Waals surface area contributed by atoms with Gasteiger partial charge in [0.1, 0.15) is 0 Å². The van der Waals surface area contributed by atoms with Crippen molar-refractivity contribution in [3.63, 3.8) is 0 Å². The number of aryl methyl sites for hydroxylation is 1. The summed E-state index contributed by atoms with van der Waals surface area (Å²) in [6, 6.07) is 5.77. The molecule has 1 N–H and O–H groups in total. The largest absolute Gasteiger partial charge is 0.481 e. The summed E-state index contributed by atoms with van der Waals surface area (Å²) in [6.45, 7) is 2.69. The molecule has 0 spiro atoms. The van der Waals surface area contributed by atoms with Crippen molar-refractivity contribution in [3.8, 4) is 0 Å². The van der Waals surface area contributed by atoms with Crippen LogP contribution in [0.1, 0.15) is 16.7 Å². The number of hydrogen-bond acceptors (Lipinski definition) is 2. The van der Waals surface area contributed by atoms with Crippen molar-refractivity contribution >= 4 is 5.97 Å². The smallest absolute Gasteiger partial charge is 0.307 e. The van der Waals surface area contributed by atoms with Gasteiger partial charge in [-0.2, -0.15) is 0 Å². The van der Waals surface area contributed by atoms with E-state index in [0.29, 0.717) is 6.61 Å². The van der Waals surface area contributed by atoms with Crippen LogP contribution >= 0.6 is 0 Å². The summed E-state index contributed by atoms with van der Waals surface area (Å²) in [5, 5.41) is 8.68. The minimum Gasteiger partial charge on any atom is -0.481 e. The molecule has 15 heavy (non-hydrogen) atoms. The van der Waals surface area contributed by atoms with E-state index >= 15 is 0 Å². The molecule has 0 bridgehead atoms. The van der Waals surface area contributed by atoms with Gasteiger partial charge in [-0.3, -0.25) is 4.79 Å². The van der Waals surface area contributed by atoms with Gasteiger partial charge in [0, 0.05) is 7.11 Å². The Morgan fingerprint density at radius 3 is 2.80 bits per heavy atom. The number of carboxylic acid groups (broad SMARTS) is 1. The molecule has 3 heteroatoms. The van der Waals surface area contributed by atoms with Gasteiger partial charge in [0.2, 0.25) is 0 Å². The first-order chi connectivity index (χ1) is 7.13. The predicted octanol–water partition coefficient (Wildman–Crippen LogP) is 1.81. The Balaban J connectivity index is 2.79. The molecular formula is C12H16O3. The third-order valence-electron chi connectivity index (χ3n) is 2.34. The number of benzene rings is 1. The Morgan fingerprint density at radius 1 is 1.47 bits per heavy atom. The van der Waals surface area contributed by atoms with Crippen LogP contribution in [0, 0.1) is 6.92 Å². The lowest BCUT2D eigenvalue weighted by atomic mass is 10.0. The monoisotopic (exact) mass is 208 g/mol. The molecule has 0 aromatic heterocycles. The van der Waals surface area contributed by atoms with Crippen LogP contribution in [0.3, 0.4) is 0 Å². The quantitative estimate of drug-likeness (QED) is 0.802. The Labute approximate surface area is 89.7 Å². The number of carbonyl (C=O) groups is 1. The van der Waals surface area contributed by atoms with Crippen molar-refractivity contribution in [3.05, 3.63) is 34.9 Å². The van der Waals surface area contributed by atoms with Crippen molar-refractivity contribution in [2.45, 2.75) is 19.8 Å². The zero-order chi connectivity index (χ0) is 11.3. The van der Waals surface area contributed by atoms with E-state index in [-0.39, 0.29) is 6.42 Å². The molecule has 0 unspecified atom stereocenters. The molecule has 0 saturated carbocycles. The third-order valence-corrected chi connectivity index (χ3v) is 2.34. The van der Waals surface area contributed by atoms with Crippen molar-refractivity contribution < 1.29 is 14.6 Å². The van der Waals surface area contributed by atoms with Crippen molar-refractivity contribution in [1.82, 2.24) is 0 Å². The molecule has 1 aromatic rings. The van der Waals surface area contributed by atoms with E-state index in [1.807, 2.05) is 25.1 Å². The van der Waals surface area contributed by atoms with Crippen LogP contribution in [0.2, 0.25) is 0 Å². The van der Waals surface area contributed by atoms with Crippen molar-refractivity contribution in [2.75, 3.05) is 13.7 Å². The lowest BCUT2D eigenvalue weighted by Gasteiger charge is -2.07. The molecule has 1 aromatic carbocycles. The average Bonchev–Trinajstić information content (AvgIpc) is 2.18. The van der Waals surface area contributed by atoms with Gasteiger partial charge in [-0.1, -0.05) is 18.2 Å². The highest BCUT2D eigenvalue weighted by Crippen LogP contribution is 2.12. The van der Waals surface area contributed by atoms with E-state index in [4.69, 9.17) is 9.84 Å². The molecule has 0 aliphatic rings. The summed E-state index contributed by atoms with van der Waals surface area (Å²) in [7, 11) is 1.66. The molecule has 1 rings (SSSR count). The summed E-state index contributed by atoms with van der Waals surface area (Å²) in [5.74, 6) is -0.795. The van der Waals surface area contributed by atoms with Crippen LogP contribution in [0.15, 0.2) is 18.2 Å². The molecule has 0 fully saturated rings. The van der Waals surface area contributed by atoms with Crippen LogP contribution in [0.5, 0.6) is 0 Å². The highest BCUT2D eigenvalue weighted by Gasteiger charge is 2.04. The van der Waals surface area contributed by atoms with Gasteiger partial charge in [-0.05, 0) is 30.0 Å². The zero-order valence-corrected chi connectivity index (χ0v) is 9.12. The van der Waals surface area contributed by atoms with Gasteiger partial charge < -0.3 is 9.84 Å². The highest BCUT2D eigenvalue weighted by atomic mass is 16.5. The second kappa shape index (κ2) is 5.51. The number of rotatable bonds is 5. The molecule has 0 radical (unpaired) electrons. The van der Waals surface area contributed by atoms with Crippen LogP contribution in [-0.4, -0.2) is 24.8 Å². The molecule has 0 amide bonds. The zero-order valence-electron chi connectivity index (χ0n) is 9.12. The second-order valence-electron chi connectivity index (χ2n) is 3.57. The maximum absolute atomic E-state index is 10.6. The van der Waals surface area contributed by atoms with Gasteiger partial charge in [0.05, 0.1) is 13.0 Å². The van der Waals surface area contributed by atoms with Crippen LogP contribution in [0.4, 0.5) is 0 Å². The predicted molar refractivity (Wildman–Crippen MR) is 58.1 cm³/mol. The van der Waals surface area contributed by atoms with Gasteiger partial charge in [0.25, 0.3) is 0 Å². The standard InChI is InChI=1S/C12H16O3/c1-9-3-4-10(8-12(13)14)7-11(9)5-6-15-2/h3-4,7H,5-6,8H2,1-2H3,(H,13,14). The van der Waals surface area contributed by atoms with E-state index in [2.05, 4.69) is 0 Å². The summed E-state index contributed by atoms with van der Waals surface area (Å²) in [5.41, 5.74) is 3.19. The molecule has 0 aliphatic heterocycles. The average molecular weight is 208 g/mol. The Bertz CT molecular complexity index is 345. The van der Waals surface area contributed by atoms with Crippen molar-refractivity contribution in [1.29, 1.82) is 0 Å². The molecule has 0 heterocycles. The van der Waals surface area contributed by atoms with Crippen molar-refractivity contribution in [2.24, 2.45) is 0 Å². The fraction of sp³-hybridized carbons (Fsp3) is 0.417. The highest BCUT2D eigenvalue weighted by molar-refractivity contribution is 5.70. The van der Waals surface area contributed by atoms with Gasteiger partial charge in [-0.15, -0.1) is 0 Å². The Morgan fingerprint density at radius 2 is 2.20 bits per heavy atom. The van der Waals surface area contributed by atoms with E-state index < -0.39 is 5.97 Å². The topological polar surface area (TPSA) is 46.5 Å². The molecule has 3 nitrogen and oxygen atoms in total. The lowest BCUT2D eigenvalue weighted by molar-refractivity contribution is -0.136. The van der Waals surface area contributed by atoms with Gasteiger partial charge in [0.15, 0.2) is 0 Å². The molecule has 0 aliphatic carbocycles. The fourth-order valence-corrected chi connectivity index (χ4v) is 1.49. The normalized spacial score (nSPS) is 10.3. The van der Waals surface area contributed by atoms with E-state index in [1.165, 1.54) is 5.56 Å². The number of ether oxygens (including phenoxy) is 1. The first-order valence-electron chi connectivity index (χ1n) is 4.92. The number of carboxylic acids is 1. The van der Waals surface area contributed by atoms with Gasteiger partial charge in [-0.25, -0.2) is 0 Å². The summed E-state index contributed by atoms with van der Waals surface area (Å²) >= 11 is 0. The van der Waals surface area contributed by atoms with Gasteiger partial charge >= 0.3 is 5.97 Å². The SMILES string of the molecule is COCCc1cc(CC(=O)O)ccc1C. The van der Waals surface area contributed by atoms with E-state index in [1.54, 1.807) is 7.11 Å². The number of aliphatic carboxylic acids is 1. The Kier molecular flexibility index (Phi) is 4.31. The first kappa shape index (κ1) is 11.7. The summed E-state index contributed by atoms with van der Waals surface area (Å²) < 4.78 is 5.01. The maximum Gasteiger partial charge on any atom is 0.307 e. The van der Waals surface area contributed by atoms with E-state index in [9.17, 15) is 4.79 Å².